The average molecular weight is 372 g/mol. The third-order valence-corrected chi connectivity index (χ3v) is 6.19. The van der Waals surface area contributed by atoms with E-state index in [2.05, 4.69) is 21.3 Å². The summed E-state index contributed by atoms with van der Waals surface area (Å²) in [5.41, 5.74) is 7.87. The molecule has 130 valence electrons. The smallest absolute Gasteiger partial charge is 0.183 e. The van der Waals surface area contributed by atoms with Gasteiger partial charge in [-0.3, -0.25) is 0 Å². The minimum Gasteiger partial charge on any atom is -0.383 e. The second-order valence-corrected chi connectivity index (χ2v) is 8.07. The van der Waals surface area contributed by atoms with Crippen molar-refractivity contribution in [2.75, 3.05) is 31.5 Å². The predicted molar refractivity (Wildman–Crippen MR) is 108 cm³/mol. The second-order valence-electron chi connectivity index (χ2n) is 6.09. The number of fused-ring (bicyclic) bond motifs is 1. The van der Waals surface area contributed by atoms with Crippen molar-refractivity contribution in [2.24, 2.45) is 10.7 Å². The van der Waals surface area contributed by atoms with Crippen molar-refractivity contribution in [1.82, 2.24) is 9.88 Å². The predicted octanol–water partition coefficient (Wildman–Crippen LogP) is 3.90. The molecular weight excluding hydrogens is 350 g/mol. The van der Waals surface area contributed by atoms with Crippen molar-refractivity contribution in [2.45, 2.75) is 12.8 Å². The molecule has 1 aromatic carbocycles. The SMILES string of the molecule is NC(=Nc1cccc2sc(NCCN3CCCC3)nc12)c1cccs1. The quantitative estimate of drug-likeness (QED) is 0.509. The molecule has 2 aromatic heterocycles. The zero-order valence-electron chi connectivity index (χ0n) is 13.9. The van der Waals surface area contributed by atoms with Crippen LogP contribution in [-0.4, -0.2) is 41.9 Å². The maximum absolute atomic E-state index is 6.13. The number of nitrogens with zero attached hydrogens (tertiary/aromatic N) is 3. The normalized spacial score (nSPS) is 15.9. The zero-order chi connectivity index (χ0) is 17.1. The number of nitrogens with two attached hydrogens (primary N) is 1. The Morgan fingerprint density at radius 2 is 2.12 bits per heavy atom. The van der Waals surface area contributed by atoms with Crippen molar-refractivity contribution in [3.63, 3.8) is 0 Å². The van der Waals surface area contributed by atoms with Crippen LogP contribution in [0.2, 0.25) is 0 Å². The van der Waals surface area contributed by atoms with Gasteiger partial charge in [-0.15, -0.1) is 11.3 Å². The third kappa shape index (κ3) is 3.84. The van der Waals surface area contributed by atoms with Gasteiger partial charge in [-0.25, -0.2) is 9.98 Å². The Labute approximate surface area is 155 Å². The molecule has 1 saturated heterocycles. The highest BCUT2D eigenvalue weighted by atomic mass is 32.1. The maximum Gasteiger partial charge on any atom is 0.183 e. The van der Waals surface area contributed by atoms with Crippen LogP contribution in [0.1, 0.15) is 17.7 Å². The largest absolute Gasteiger partial charge is 0.383 e. The molecule has 0 radical (unpaired) electrons. The summed E-state index contributed by atoms with van der Waals surface area (Å²) < 4.78 is 1.13. The van der Waals surface area contributed by atoms with Gasteiger partial charge in [0.05, 0.1) is 15.3 Å². The molecule has 25 heavy (non-hydrogen) atoms. The Kier molecular flexibility index (Phi) is 4.96. The molecule has 7 heteroatoms. The number of hydrogen-bond donors (Lipinski definition) is 2. The Morgan fingerprint density at radius 3 is 2.92 bits per heavy atom. The highest BCUT2D eigenvalue weighted by Gasteiger charge is 2.12. The van der Waals surface area contributed by atoms with Crippen LogP contribution < -0.4 is 11.1 Å². The number of anilines is 1. The fraction of sp³-hybridized carbons (Fsp3) is 0.333. The molecule has 3 aromatic rings. The summed E-state index contributed by atoms with van der Waals surface area (Å²) in [5.74, 6) is 0.541. The van der Waals surface area contributed by atoms with E-state index >= 15 is 0 Å². The van der Waals surface area contributed by atoms with Gasteiger partial charge in [-0.1, -0.05) is 23.5 Å². The number of benzene rings is 1. The first-order valence-corrected chi connectivity index (χ1v) is 10.2. The standard InChI is InChI=1S/C18H21N5S2/c19-17(15-7-4-12-24-15)21-13-5-3-6-14-16(13)22-18(25-14)20-8-11-23-9-1-2-10-23/h3-7,12H,1-2,8-11H2,(H2,19,21)(H,20,22). The van der Waals surface area contributed by atoms with E-state index in [4.69, 9.17) is 10.7 Å². The molecule has 5 nitrogen and oxygen atoms in total. The first kappa shape index (κ1) is 16.5. The van der Waals surface area contributed by atoms with E-state index < -0.39 is 0 Å². The zero-order valence-corrected chi connectivity index (χ0v) is 15.6. The number of thiazole rings is 1. The lowest BCUT2D eigenvalue weighted by Gasteiger charge is -2.13. The first-order chi connectivity index (χ1) is 12.3. The molecule has 3 N–H and O–H groups in total. The number of hydrogen-bond acceptors (Lipinski definition) is 6. The fourth-order valence-electron chi connectivity index (χ4n) is 3.04. The van der Waals surface area contributed by atoms with Crippen LogP contribution in [0.15, 0.2) is 40.7 Å². The van der Waals surface area contributed by atoms with E-state index in [0.717, 1.165) is 39.0 Å². The van der Waals surface area contributed by atoms with E-state index in [1.807, 2.05) is 29.6 Å². The van der Waals surface area contributed by atoms with Crippen LogP contribution in [0, 0.1) is 0 Å². The lowest BCUT2D eigenvalue weighted by Crippen LogP contribution is -2.25. The Morgan fingerprint density at radius 1 is 1.24 bits per heavy atom. The van der Waals surface area contributed by atoms with Crippen molar-refractivity contribution < 1.29 is 0 Å². The van der Waals surface area contributed by atoms with E-state index in [1.165, 1.54) is 25.9 Å². The summed E-state index contributed by atoms with van der Waals surface area (Å²) in [6.45, 7) is 4.45. The summed E-state index contributed by atoms with van der Waals surface area (Å²) in [7, 11) is 0. The van der Waals surface area contributed by atoms with Crippen LogP contribution in [-0.2, 0) is 0 Å². The van der Waals surface area contributed by atoms with Crippen LogP contribution in [0.3, 0.4) is 0 Å². The molecule has 4 rings (SSSR count). The maximum atomic E-state index is 6.13. The van der Waals surface area contributed by atoms with Crippen LogP contribution in [0.25, 0.3) is 10.2 Å². The molecular formula is C18H21N5S2. The van der Waals surface area contributed by atoms with Gasteiger partial charge in [-0.05, 0) is 49.5 Å². The molecule has 0 unspecified atom stereocenters. The molecule has 3 heterocycles. The summed E-state index contributed by atoms with van der Waals surface area (Å²) in [6, 6.07) is 10.0. The van der Waals surface area contributed by atoms with Crippen molar-refractivity contribution in [1.29, 1.82) is 0 Å². The van der Waals surface area contributed by atoms with Gasteiger partial charge in [0.15, 0.2) is 5.13 Å². The topological polar surface area (TPSA) is 66.5 Å². The van der Waals surface area contributed by atoms with Crippen LogP contribution in [0.4, 0.5) is 10.8 Å². The minimum absolute atomic E-state index is 0.541. The molecule has 0 bridgehead atoms. The number of para-hydroxylation sites is 1. The van der Waals surface area contributed by atoms with Gasteiger partial charge in [0.1, 0.15) is 11.4 Å². The Bertz CT molecular complexity index is 863. The van der Waals surface area contributed by atoms with Gasteiger partial charge in [0, 0.05) is 13.1 Å². The second kappa shape index (κ2) is 7.51. The lowest BCUT2D eigenvalue weighted by atomic mass is 10.3. The van der Waals surface area contributed by atoms with Crippen LogP contribution >= 0.6 is 22.7 Å². The monoisotopic (exact) mass is 371 g/mol. The molecule has 0 aliphatic carbocycles. The van der Waals surface area contributed by atoms with Gasteiger partial charge >= 0.3 is 0 Å². The van der Waals surface area contributed by atoms with Crippen LogP contribution in [0.5, 0.6) is 0 Å². The number of aliphatic imine (C=N–C) groups is 1. The molecule has 0 spiro atoms. The fourth-order valence-corrected chi connectivity index (χ4v) is 4.58. The van der Waals surface area contributed by atoms with E-state index in [-0.39, 0.29) is 0 Å². The number of likely N-dealkylation sites (tertiary alicyclic amines) is 1. The summed E-state index contributed by atoms with van der Waals surface area (Å²) >= 11 is 3.26. The Hall–Kier alpha value is -1.96. The molecule has 1 aliphatic rings. The van der Waals surface area contributed by atoms with E-state index in [9.17, 15) is 0 Å². The highest BCUT2D eigenvalue weighted by Crippen LogP contribution is 2.32. The molecule has 0 saturated carbocycles. The number of amidine groups is 1. The number of rotatable bonds is 6. The average Bonchev–Trinajstić information content (AvgIpc) is 3.36. The summed E-state index contributed by atoms with van der Waals surface area (Å²) in [6.07, 6.45) is 2.66. The van der Waals surface area contributed by atoms with Crippen molar-refractivity contribution in [3.05, 3.63) is 40.6 Å². The molecule has 1 fully saturated rings. The number of aromatic nitrogens is 1. The number of nitrogens with one attached hydrogen (secondary N) is 1. The summed E-state index contributed by atoms with van der Waals surface area (Å²) in [4.78, 5) is 12.8. The summed E-state index contributed by atoms with van der Waals surface area (Å²) in [5, 5.41) is 6.41. The third-order valence-electron chi connectivity index (χ3n) is 4.32. The van der Waals surface area contributed by atoms with Gasteiger partial charge in [-0.2, -0.15) is 0 Å². The van der Waals surface area contributed by atoms with Crippen molar-refractivity contribution >= 4 is 49.5 Å². The minimum atomic E-state index is 0.541. The van der Waals surface area contributed by atoms with Gasteiger partial charge < -0.3 is 16.0 Å². The van der Waals surface area contributed by atoms with Crippen molar-refractivity contribution in [3.8, 4) is 0 Å². The molecule has 1 aliphatic heterocycles. The van der Waals surface area contributed by atoms with E-state index in [0.29, 0.717) is 5.84 Å². The van der Waals surface area contributed by atoms with Gasteiger partial charge in [0.25, 0.3) is 0 Å². The highest BCUT2D eigenvalue weighted by molar-refractivity contribution is 7.22. The number of thiophene rings is 1. The Balaban J connectivity index is 1.51. The first-order valence-electron chi connectivity index (χ1n) is 8.53. The molecule has 0 atom stereocenters. The van der Waals surface area contributed by atoms with E-state index in [1.54, 1.807) is 22.7 Å². The lowest BCUT2D eigenvalue weighted by molar-refractivity contribution is 0.352. The molecule has 0 amide bonds. The van der Waals surface area contributed by atoms with Gasteiger partial charge in [0.2, 0.25) is 0 Å².